The Balaban J connectivity index is 1.64. The molecule has 2 heterocycles. The van der Waals surface area contributed by atoms with Crippen LogP contribution in [0.15, 0.2) is 55.1 Å². The van der Waals surface area contributed by atoms with Crippen molar-refractivity contribution in [2.75, 3.05) is 0 Å². The molecule has 0 amide bonds. The predicted octanol–water partition coefficient (Wildman–Crippen LogP) is 1.82. The van der Waals surface area contributed by atoms with Gasteiger partial charge in [0.2, 0.25) is 0 Å². The summed E-state index contributed by atoms with van der Waals surface area (Å²) < 4.78 is 19.6. The predicted molar refractivity (Wildman–Crippen MR) is 78.0 cm³/mol. The molecule has 0 radical (unpaired) electrons. The molecule has 7 nitrogen and oxygen atoms in total. The van der Waals surface area contributed by atoms with Crippen molar-refractivity contribution < 1.29 is 13.9 Å². The number of tetrazole rings is 1. The molecule has 0 aliphatic rings. The highest BCUT2D eigenvalue weighted by atomic mass is 19.1. The fourth-order valence-corrected chi connectivity index (χ4v) is 1.78. The molecule has 8 heteroatoms. The van der Waals surface area contributed by atoms with Crippen LogP contribution in [0, 0.1) is 5.82 Å². The van der Waals surface area contributed by atoms with Crippen LogP contribution in [-0.2, 0) is 4.79 Å². The van der Waals surface area contributed by atoms with Crippen LogP contribution in [0.4, 0.5) is 4.39 Å². The first-order valence-electron chi connectivity index (χ1n) is 6.54. The summed E-state index contributed by atoms with van der Waals surface area (Å²) in [5.74, 6) is -0.683. The molecule has 2 aromatic heterocycles. The van der Waals surface area contributed by atoms with Crippen LogP contribution >= 0.6 is 0 Å². The quantitative estimate of drug-likeness (QED) is 0.415. The van der Waals surface area contributed by atoms with E-state index < -0.39 is 11.8 Å². The minimum atomic E-state index is -0.579. The molecule has 23 heavy (non-hydrogen) atoms. The maximum atomic E-state index is 13.0. The summed E-state index contributed by atoms with van der Waals surface area (Å²) in [5.41, 5.74) is 1.20. The Morgan fingerprint density at radius 2 is 2.04 bits per heavy atom. The van der Waals surface area contributed by atoms with Crippen LogP contribution in [0.25, 0.3) is 11.8 Å². The van der Waals surface area contributed by atoms with Crippen molar-refractivity contribution in [3.8, 4) is 11.4 Å². The van der Waals surface area contributed by atoms with Gasteiger partial charge in [0.1, 0.15) is 17.9 Å². The number of carbonyl (C=O) groups is 1. The number of aromatic nitrogens is 5. The highest BCUT2D eigenvalue weighted by molar-refractivity contribution is 5.88. The van der Waals surface area contributed by atoms with E-state index in [1.807, 2.05) is 0 Å². The maximum absolute atomic E-state index is 13.0. The summed E-state index contributed by atoms with van der Waals surface area (Å²) in [6, 6.07) is 7.91. The Kier molecular flexibility index (Phi) is 4.14. The van der Waals surface area contributed by atoms with Crippen LogP contribution in [0.5, 0.6) is 5.75 Å². The molecule has 0 atom stereocenters. The van der Waals surface area contributed by atoms with Crippen LogP contribution in [-0.4, -0.2) is 31.2 Å². The first kappa shape index (κ1) is 14.5. The van der Waals surface area contributed by atoms with E-state index in [0.717, 1.165) is 11.9 Å². The minimum Gasteiger partial charge on any atom is -0.423 e. The Labute approximate surface area is 130 Å². The molecule has 0 unspecified atom stereocenters. The van der Waals surface area contributed by atoms with Gasteiger partial charge in [0.25, 0.3) is 0 Å². The molecule has 0 bridgehead atoms. The molecule has 0 saturated carbocycles. The molecule has 0 aliphatic heterocycles. The van der Waals surface area contributed by atoms with Crippen molar-refractivity contribution in [1.82, 2.24) is 25.2 Å². The summed E-state index contributed by atoms with van der Waals surface area (Å²) in [4.78, 5) is 15.4. The zero-order chi connectivity index (χ0) is 16.1. The number of rotatable bonds is 4. The molecular formula is C15H10FN5O2. The van der Waals surface area contributed by atoms with Gasteiger partial charge in [-0.1, -0.05) is 0 Å². The third kappa shape index (κ3) is 3.82. The lowest BCUT2D eigenvalue weighted by atomic mass is 10.2. The molecular weight excluding hydrogens is 301 g/mol. The van der Waals surface area contributed by atoms with E-state index in [9.17, 15) is 9.18 Å². The topological polar surface area (TPSA) is 82.8 Å². The van der Waals surface area contributed by atoms with Crippen molar-refractivity contribution >= 4 is 12.0 Å². The van der Waals surface area contributed by atoms with E-state index in [-0.39, 0.29) is 0 Å². The lowest BCUT2D eigenvalue weighted by Gasteiger charge is -2.03. The molecule has 0 fully saturated rings. The Morgan fingerprint density at radius 3 is 2.74 bits per heavy atom. The second kappa shape index (κ2) is 6.56. The highest BCUT2D eigenvalue weighted by Gasteiger charge is 2.03. The lowest BCUT2D eigenvalue weighted by molar-refractivity contribution is -0.128. The van der Waals surface area contributed by atoms with Crippen molar-refractivity contribution in [1.29, 1.82) is 0 Å². The number of benzene rings is 1. The molecule has 0 saturated heterocycles. The number of hydrogen-bond acceptors (Lipinski definition) is 6. The lowest BCUT2D eigenvalue weighted by Crippen LogP contribution is -2.04. The minimum absolute atomic E-state index is 0.369. The largest absolute Gasteiger partial charge is 0.423 e. The zero-order valence-electron chi connectivity index (χ0n) is 11.7. The standard InChI is InChI=1S/C15H10FN5O2/c16-12-7-11(8-17-9-12)1-6-15(22)23-14-4-2-13(3-5-14)21-10-18-19-20-21/h1-10H. The summed E-state index contributed by atoms with van der Waals surface area (Å²) in [6.45, 7) is 0. The summed E-state index contributed by atoms with van der Waals surface area (Å²) in [6.07, 6.45) is 6.60. The molecule has 3 aromatic rings. The van der Waals surface area contributed by atoms with Gasteiger partial charge in [0, 0.05) is 12.3 Å². The van der Waals surface area contributed by atoms with Crippen LogP contribution < -0.4 is 4.74 Å². The van der Waals surface area contributed by atoms with Gasteiger partial charge in [-0.2, -0.15) is 0 Å². The second-order valence-corrected chi connectivity index (χ2v) is 4.44. The van der Waals surface area contributed by atoms with E-state index >= 15 is 0 Å². The fraction of sp³-hybridized carbons (Fsp3) is 0. The highest BCUT2D eigenvalue weighted by Crippen LogP contribution is 2.14. The van der Waals surface area contributed by atoms with Gasteiger partial charge < -0.3 is 4.74 Å². The van der Waals surface area contributed by atoms with Crippen LogP contribution in [0.3, 0.4) is 0 Å². The van der Waals surface area contributed by atoms with Gasteiger partial charge in [-0.25, -0.2) is 13.9 Å². The van der Waals surface area contributed by atoms with Crippen LogP contribution in [0.1, 0.15) is 5.56 Å². The van der Waals surface area contributed by atoms with Gasteiger partial charge in [-0.15, -0.1) is 5.10 Å². The van der Waals surface area contributed by atoms with Crippen molar-refractivity contribution in [3.05, 3.63) is 66.5 Å². The first-order valence-corrected chi connectivity index (χ1v) is 6.54. The zero-order valence-corrected chi connectivity index (χ0v) is 11.7. The van der Waals surface area contributed by atoms with Gasteiger partial charge in [-0.05, 0) is 52.4 Å². The Bertz CT molecular complexity index is 831. The molecule has 114 valence electrons. The third-order valence-electron chi connectivity index (χ3n) is 2.81. The molecule has 0 aliphatic carbocycles. The van der Waals surface area contributed by atoms with Gasteiger partial charge in [0.15, 0.2) is 0 Å². The maximum Gasteiger partial charge on any atom is 0.336 e. The number of carbonyl (C=O) groups excluding carboxylic acids is 1. The third-order valence-corrected chi connectivity index (χ3v) is 2.81. The van der Waals surface area contributed by atoms with E-state index in [1.54, 1.807) is 24.3 Å². The van der Waals surface area contributed by atoms with Crippen molar-refractivity contribution in [3.63, 3.8) is 0 Å². The number of ether oxygens (including phenoxy) is 1. The first-order chi connectivity index (χ1) is 11.2. The number of pyridine rings is 1. The molecule has 0 spiro atoms. The average molecular weight is 311 g/mol. The fourth-order valence-electron chi connectivity index (χ4n) is 1.78. The average Bonchev–Trinajstić information content (AvgIpc) is 3.08. The summed E-state index contributed by atoms with van der Waals surface area (Å²) in [5, 5.41) is 10.8. The van der Waals surface area contributed by atoms with E-state index in [2.05, 4.69) is 20.5 Å². The van der Waals surface area contributed by atoms with E-state index in [1.165, 1.54) is 35.4 Å². The molecule has 1 aromatic carbocycles. The molecule has 0 N–H and O–H groups in total. The number of nitrogens with zero attached hydrogens (tertiary/aromatic N) is 5. The summed E-state index contributed by atoms with van der Waals surface area (Å²) in [7, 11) is 0. The number of esters is 1. The second-order valence-electron chi connectivity index (χ2n) is 4.44. The summed E-state index contributed by atoms with van der Waals surface area (Å²) >= 11 is 0. The molecule has 3 rings (SSSR count). The van der Waals surface area contributed by atoms with Crippen LogP contribution in [0.2, 0.25) is 0 Å². The number of hydrogen-bond donors (Lipinski definition) is 0. The van der Waals surface area contributed by atoms with Crippen molar-refractivity contribution in [2.45, 2.75) is 0 Å². The van der Waals surface area contributed by atoms with Crippen molar-refractivity contribution in [2.24, 2.45) is 0 Å². The Morgan fingerprint density at radius 1 is 1.22 bits per heavy atom. The van der Waals surface area contributed by atoms with E-state index in [4.69, 9.17) is 4.74 Å². The van der Waals surface area contributed by atoms with Gasteiger partial charge in [0.05, 0.1) is 11.9 Å². The smallest absolute Gasteiger partial charge is 0.336 e. The monoisotopic (exact) mass is 311 g/mol. The van der Waals surface area contributed by atoms with Gasteiger partial charge in [-0.3, -0.25) is 4.98 Å². The van der Waals surface area contributed by atoms with E-state index in [0.29, 0.717) is 11.3 Å². The SMILES string of the molecule is O=C(C=Cc1cncc(F)c1)Oc1ccc(-n2cnnn2)cc1. The number of halogens is 1. The van der Waals surface area contributed by atoms with Gasteiger partial charge >= 0.3 is 5.97 Å². The Hall–Kier alpha value is -3.42. The normalized spacial score (nSPS) is 10.8.